The maximum atomic E-state index is 14.2. The van der Waals surface area contributed by atoms with Crippen molar-refractivity contribution in [3.8, 4) is 17.5 Å². The van der Waals surface area contributed by atoms with E-state index in [1.165, 1.54) is 32.9 Å². The fourth-order valence-electron chi connectivity index (χ4n) is 4.38. The van der Waals surface area contributed by atoms with E-state index in [-0.39, 0.29) is 22.8 Å². The number of nitrogens with two attached hydrogens (primary N) is 1. The van der Waals surface area contributed by atoms with Gasteiger partial charge in [0.2, 0.25) is 0 Å². The number of hydrogen-bond acceptors (Lipinski definition) is 8. The van der Waals surface area contributed by atoms with Crippen LogP contribution in [-0.2, 0) is 7.05 Å². The third-order valence-electron chi connectivity index (χ3n) is 6.31. The quantitative estimate of drug-likeness (QED) is 0.235. The molecule has 1 atom stereocenters. The smallest absolute Gasteiger partial charge is 0.267 e. The number of allylic oxidation sites excluding steroid dienone is 1. The van der Waals surface area contributed by atoms with E-state index in [1.807, 2.05) is 25.1 Å². The van der Waals surface area contributed by atoms with Crippen LogP contribution in [0.15, 0.2) is 76.5 Å². The Morgan fingerprint density at radius 1 is 1.20 bits per heavy atom. The third-order valence-corrected chi connectivity index (χ3v) is 7.06. The lowest BCUT2D eigenvalue weighted by molar-refractivity contribution is 0.0939. The molecule has 0 spiro atoms. The molecule has 5 rings (SSSR count). The van der Waals surface area contributed by atoms with Gasteiger partial charge in [-0.05, 0) is 44.0 Å². The van der Waals surface area contributed by atoms with Crippen molar-refractivity contribution in [2.24, 2.45) is 12.0 Å². The summed E-state index contributed by atoms with van der Waals surface area (Å²) in [6, 6.07) is 13.8. The van der Waals surface area contributed by atoms with Crippen LogP contribution >= 0.6 is 11.3 Å². The molecule has 41 heavy (non-hydrogen) atoms. The topological polar surface area (TPSA) is 133 Å². The number of amides is 1. The number of benzene rings is 2. The van der Waals surface area contributed by atoms with Crippen LogP contribution in [0.4, 0.5) is 11.6 Å². The van der Waals surface area contributed by atoms with Gasteiger partial charge in [-0.3, -0.25) is 14.2 Å². The number of nitrogens with one attached hydrogen (secondary N) is 1. The molecule has 3 heterocycles. The second-order valence-electron chi connectivity index (χ2n) is 9.07. The molecule has 0 aliphatic rings. The van der Waals surface area contributed by atoms with E-state index in [4.69, 9.17) is 10.7 Å². The summed E-state index contributed by atoms with van der Waals surface area (Å²) in [7, 11) is 1.64. The Morgan fingerprint density at radius 2 is 1.98 bits per heavy atom. The van der Waals surface area contributed by atoms with Crippen LogP contribution in [0.3, 0.4) is 0 Å². The number of hydrogen-bond donors (Lipinski definition) is 2. The molecule has 0 aliphatic carbocycles. The highest BCUT2D eigenvalue weighted by Gasteiger charge is 2.25. The van der Waals surface area contributed by atoms with Gasteiger partial charge in [-0.15, -0.1) is 11.3 Å². The molecular weight excluding hydrogens is 536 g/mol. The van der Waals surface area contributed by atoms with Gasteiger partial charge in [-0.1, -0.05) is 42.8 Å². The average molecular weight is 563 g/mol. The van der Waals surface area contributed by atoms with Crippen LogP contribution in [0.2, 0.25) is 0 Å². The zero-order valence-corrected chi connectivity index (χ0v) is 23.4. The molecule has 2 aromatic carbocycles. The maximum Gasteiger partial charge on any atom is 0.267 e. The molecule has 0 radical (unpaired) electrons. The van der Waals surface area contributed by atoms with E-state index in [1.54, 1.807) is 49.8 Å². The Bertz CT molecular complexity index is 1940. The minimum atomic E-state index is -0.706. The number of rotatable bonds is 6. The van der Waals surface area contributed by atoms with Gasteiger partial charge in [-0.25, -0.2) is 19.6 Å². The fourth-order valence-corrected chi connectivity index (χ4v) is 4.91. The fraction of sp³-hybridized carbons (Fsp3) is 0.133. The van der Waals surface area contributed by atoms with Crippen molar-refractivity contribution in [2.75, 3.05) is 5.73 Å². The van der Waals surface area contributed by atoms with Crippen LogP contribution in [0.5, 0.6) is 0 Å². The van der Waals surface area contributed by atoms with Crippen LogP contribution in [-0.4, -0.2) is 36.4 Å². The number of fused-ring (bicyclic) bond motifs is 1. The number of thiazole rings is 1. The SMILES string of the molecule is C=C/C=N\c1c(C(=O)NC(C)c2nc3cccc(C#Cc4ncsc4C)c3c(=O)n2-c2ccccc2)c(N)nn1C. The van der Waals surface area contributed by atoms with Crippen LogP contribution < -0.4 is 16.6 Å². The molecule has 10 nitrogen and oxygen atoms in total. The summed E-state index contributed by atoms with van der Waals surface area (Å²) in [5.74, 6) is 6.32. The van der Waals surface area contributed by atoms with Crippen LogP contribution in [0.25, 0.3) is 16.6 Å². The highest BCUT2D eigenvalue weighted by atomic mass is 32.1. The molecule has 0 bridgehead atoms. The third kappa shape index (κ3) is 5.28. The Labute approximate surface area is 239 Å². The molecule has 0 aliphatic heterocycles. The van der Waals surface area contributed by atoms with Gasteiger partial charge in [0.15, 0.2) is 11.6 Å². The van der Waals surface area contributed by atoms with E-state index in [2.05, 4.69) is 38.8 Å². The normalized spacial score (nSPS) is 11.8. The molecule has 3 aromatic heterocycles. The molecule has 1 amide bonds. The lowest BCUT2D eigenvalue weighted by Crippen LogP contribution is -2.33. The lowest BCUT2D eigenvalue weighted by Gasteiger charge is -2.20. The van der Waals surface area contributed by atoms with Gasteiger partial charge in [0, 0.05) is 23.7 Å². The molecule has 0 fully saturated rings. The first-order valence-corrected chi connectivity index (χ1v) is 13.5. The zero-order valence-electron chi connectivity index (χ0n) is 22.6. The van der Waals surface area contributed by atoms with Gasteiger partial charge in [0.25, 0.3) is 11.5 Å². The van der Waals surface area contributed by atoms with Gasteiger partial charge in [0.1, 0.15) is 17.1 Å². The van der Waals surface area contributed by atoms with Crippen molar-refractivity contribution in [2.45, 2.75) is 19.9 Å². The predicted molar refractivity (Wildman–Crippen MR) is 162 cm³/mol. The van der Waals surface area contributed by atoms with Crippen molar-refractivity contribution in [3.63, 3.8) is 0 Å². The molecular formula is C30H26N8O2S. The second kappa shape index (κ2) is 11.4. The number of para-hydroxylation sites is 1. The number of nitrogen functional groups attached to an aromatic ring is 1. The number of nitrogens with zero attached hydrogens (tertiary/aromatic N) is 6. The van der Waals surface area contributed by atoms with E-state index in [0.717, 1.165) is 4.88 Å². The highest BCUT2D eigenvalue weighted by Crippen LogP contribution is 2.26. The second-order valence-corrected chi connectivity index (χ2v) is 10.1. The number of anilines is 1. The summed E-state index contributed by atoms with van der Waals surface area (Å²) < 4.78 is 2.91. The van der Waals surface area contributed by atoms with Crippen LogP contribution in [0, 0.1) is 18.8 Å². The zero-order chi connectivity index (χ0) is 29.1. The van der Waals surface area contributed by atoms with Gasteiger partial charge < -0.3 is 11.1 Å². The van der Waals surface area contributed by atoms with Crippen molar-refractivity contribution in [3.05, 3.63) is 105 Å². The first-order valence-electron chi connectivity index (χ1n) is 12.6. The van der Waals surface area contributed by atoms with E-state index in [9.17, 15) is 9.59 Å². The first-order chi connectivity index (χ1) is 19.8. The summed E-state index contributed by atoms with van der Waals surface area (Å²) in [4.78, 5) is 42.0. The highest BCUT2D eigenvalue weighted by molar-refractivity contribution is 7.09. The minimum absolute atomic E-state index is 0.0268. The minimum Gasteiger partial charge on any atom is -0.381 e. The van der Waals surface area contributed by atoms with Crippen LogP contribution in [0.1, 0.15) is 45.3 Å². The maximum absolute atomic E-state index is 14.2. The van der Waals surface area contributed by atoms with Gasteiger partial charge in [0.05, 0.1) is 28.1 Å². The van der Waals surface area contributed by atoms with Crippen molar-refractivity contribution in [1.29, 1.82) is 0 Å². The number of aryl methyl sites for hydroxylation is 2. The predicted octanol–water partition coefficient (Wildman–Crippen LogP) is 4.25. The summed E-state index contributed by atoms with van der Waals surface area (Å²) in [6.45, 7) is 7.32. The largest absolute Gasteiger partial charge is 0.381 e. The van der Waals surface area contributed by atoms with Crippen molar-refractivity contribution in [1.82, 2.24) is 29.6 Å². The molecule has 204 valence electrons. The Kier molecular flexibility index (Phi) is 7.58. The molecule has 1 unspecified atom stereocenters. The number of aromatic nitrogens is 5. The van der Waals surface area contributed by atoms with E-state index >= 15 is 0 Å². The summed E-state index contributed by atoms with van der Waals surface area (Å²) in [6.07, 6.45) is 2.94. The monoisotopic (exact) mass is 562 g/mol. The molecule has 3 N–H and O–H groups in total. The lowest BCUT2D eigenvalue weighted by atomic mass is 10.1. The standard InChI is InChI=1S/C30H26N8O2S/c1-5-16-32-28-25(26(31)36-37(28)4)29(39)34-18(2)27-35-23-13-9-10-20(14-15-22-19(3)41-17-33-22)24(23)30(40)38(27)21-11-7-6-8-12-21/h5-13,16-18H,1H2,2-4H3,(H2,31,36)(H,34,39)/b32-16-. The van der Waals surface area contributed by atoms with Crippen molar-refractivity contribution < 1.29 is 4.79 Å². The molecule has 5 aromatic rings. The average Bonchev–Trinajstić information content (AvgIpc) is 3.50. The number of carbonyl (C=O) groups excluding carboxylic acids is 1. The molecule has 11 heteroatoms. The summed E-state index contributed by atoms with van der Waals surface area (Å²) >= 11 is 1.51. The first kappa shape index (κ1) is 27.2. The number of aliphatic imine (C=N–C) groups is 1. The Balaban J connectivity index is 1.64. The summed E-state index contributed by atoms with van der Waals surface area (Å²) in [5, 5.41) is 7.43. The number of carbonyl (C=O) groups is 1. The van der Waals surface area contributed by atoms with E-state index in [0.29, 0.717) is 33.7 Å². The molecule has 0 saturated carbocycles. The van der Waals surface area contributed by atoms with Gasteiger partial charge in [-0.2, -0.15) is 5.10 Å². The Morgan fingerprint density at radius 3 is 2.68 bits per heavy atom. The van der Waals surface area contributed by atoms with Crippen molar-refractivity contribution >= 4 is 46.0 Å². The van der Waals surface area contributed by atoms with Gasteiger partial charge >= 0.3 is 0 Å². The van der Waals surface area contributed by atoms with E-state index < -0.39 is 11.9 Å². The Hall–Kier alpha value is -5.34. The summed E-state index contributed by atoms with van der Waals surface area (Å²) in [5.41, 5.74) is 9.85. The molecule has 0 saturated heterocycles.